The number of hydrogen-bond acceptors (Lipinski definition) is 2. The molecule has 0 amide bonds. The molecule has 1 N–H and O–H groups in total. The molecule has 1 aromatic carbocycles. The highest BCUT2D eigenvalue weighted by Gasteiger charge is 2.12. The molecule has 0 spiro atoms. The molecule has 1 aromatic rings. The zero-order valence-electron chi connectivity index (χ0n) is 12.7. The number of halogens is 1. The van der Waals surface area contributed by atoms with Crippen LogP contribution in [0.3, 0.4) is 0 Å². The molecule has 0 aliphatic rings. The van der Waals surface area contributed by atoms with Crippen molar-refractivity contribution in [3.63, 3.8) is 0 Å². The summed E-state index contributed by atoms with van der Waals surface area (Å²) in [6.07, 6.45) is 2.12. The van der Waals surface area contributed by atoms with Crippen LogP contribution in [0.25, 0.3) is 0 Å². The van der Waals surface area contributed by atoms with E-state index in [-0.39, 0.29) is 11.9 Å². The van der Waals surface area contributed by atoms with Gasteiger partial charge in [0.25, 0.3) is 0 Å². The Labute approximate surface area is 117 Å². The van der Waals surface area contributed by atoms with Crippen molar-refractivity contribution in [1.29, 1.82) is 0 Å². The molecule has 0 saturated carbocycles. The fraction of sp³-hybridized carbons (Fsp3) is 0.625. The zero-order chi connectivity index (χ0) is 14.3. The van der Waals surface area contributed by atoms with Crippen molar-refractivity contribution in [2.75, 3.05) is 24.5 Å². The maximum atomic E-state index is 14.2. The van der Waals surface area contributed by atoms with Gasteiger partial charge in [0.1, 0.15) is 5.82 Å². The highest BCUT2D eigenvalue weighted by molar-refractivity contribution is 5.49. The summed E-state index contributed by atoms with van der Waals surface area (Å²) >= 11 is 0. The molecule has 1 rings (SSSR count). The van der Waals surface area contributed by atoms with E-state index in [1.54, 1.807) is 6.07 Å². The van der Waals surface area contributed by atoms with E-state index >= 15 is 0 Å². The van der Waals surface area contributed by atoms with E-state index in [9.17, 15) is 4.39 Å². The maximum Gasteiger partial charge on any atom is 0.146 e. The van der Waals surface area contributed by atoms with E-state index in [0.717, 1.165) is 43.7 Å². The van der Waals surface area contributed by atoms with Crippen LogP contribution in [0.2, 0.25) is 0 Å². The molecule has 0 heterocycles. The van der Waals surface area contributed by atoms with Crippen LogP contribution in [0.5, 0.6) is 0 Å². The van der Waals surface area contributed by atoms with Crippen LogP contribution in [0, 0.1) is 5.82 Å². The second kappa shape index (κ2) is 8.16. The van der Waals surface area contributed by atoms with E-state index in [0.29, 0.717) is 0 Å². The van der Waals surface area contributed by atoms with Gasteiger partial charge in [-0.05, 0) is 50.9 Å². The first-order valence-electron chi connectivity index (χ1n) is 7.41. The zero-order valence-corrected chi connectivity index (χ0v) is 12.7. The molecule has 3 heteroatoms. The van der Waals surface area contributed by atoms with Gasteiger partial charge >= 0.3 is 0 Å². The quantitative estimate of drug-likeness (QED) is 0.761. The van der Waals surface area contributed by atoms with Gasteiger partial charge in [0.05, 0.1) is 5.69 Å². The van der Waals surface area contributed by atoms with Gasteiger partial charge in [-0.25, -0.2) is 4.39 Å². The summed E-state index contributed by atoms with van der Waals surface area (Å²) in [5.74, 6) is -0.113. The number of rotatable bonds is 8. The summed E-state index contributed by atoms with van der Waals surface area (Å²) in [6.45, 7) is 11.1. The van der Waals surface area contributed by atoms with Crippen molar-refractivity contribution in [3.05, 3.63) is 29.6 Å². The minimum absolute atomic E-state index is 0.113. The topological polar surface area (TPSA) is 15.3 Å². The predicted molar refractivity (Wildman–Crippen MR) is 81.3 cm³/mol. The average molecular weight is 266 g/mol. The van der Waals surface area contributed by atoms with Crippen LogP contribution in [-0.4, -0.2) is 19.6 Å². The molecule has 0 aliphatic carbocycles. The number of nitrogens with one attached hydrogen (secondary N) is 1. The van der Waals surface area contributed by atoms with Crippen molar-refractivity contribution in [1.82, 2.24) is 5.32 Å². The smallest absolute Gasteiger partial charge is 0.146 e. The molecule has 0 aliphatic heterocycles. The van der Waals surface area contributed by atoms with Gasteiger partial charge < -0.3 is 10.2 Å². The standard InChI is InChI=1S/C16H27FN2/c1-5-10-18-13(4)14-8-9-16(15(17)12-14)19(7-3)11-6-2/h8-9,12-13,18H,5-7,10-11H2,1-4H3. The summed E-state index contributed by atoms with van der Waals surface area (Å²) in [6, 6.07) is 5.81. The van der Waals surface area contributed by atoms with Gasteiger partial charge in [-0.2, -0.15) is 0 Å². The Morgan fingerprint density at radius 3 is 2.47 bits per heavy atom. The Bertz CT molecular complexity index is 379. The first-order valence-corrected chi connectivity index (χ1v) is 7.41. The lowest BCUT2D eigenvalue weighted by Gasteiger charge is -2.24. The van der Waals surface area contributed by atoms with Crippen molar-refractivity contribution >= 4 is 5.69 Å². The van der Waals surface area contributed by atoms with Crippen molar-refractivity contribution in [2.45, 2.75) is 46.6 Å². The summed E-state index contributed by atoms with van der Waals surface area (Å²) in [7, 11) is 0. The third kappa shape index (κ3) is 4.50. The van der Waals surface area contributed by atoms with Gasteiger partial charge in [0.2, 0.25) is 0 Å². The Kier molecular flexibility index (Phi) is 6.85. The third-order valence-corrected chi connectivity index (χ3v) is 3.39. The number of nitrogens with zero attached hydrogens (tertiary/aromatic N) is 1. The monoisotopic (exact) mass is 266 g/mol. The van der Waals surface area contributed by atoms with E-state index in [4.69, 9.17) is 0 Å². The SMILES string of the molecule is CCCNC(C)c1ccc(N(CC)CCC)c(F)c1. The second-order valence-electron chi connectivity index (χ2n) is 4.97. The molecular weight excluding hydrogens is 239 g/mol. The van der Waals surface area contributed by atoms with Crippen molar-refractivity contribution in [2.24, 2.45) is 0 Å². The maximum absolute atomic E-state index is 14.2. The molecule has 19 heavy (non-hydrogen) atoms. The number of hydrogen-bond donors (Lipinski definition) is 1. The fourth-order valence-electron chi connectivity index (χ4n) is 2.25. The molecule has 2 nitrogen and oxygen atoms in total. The minimum atomic E-state index is -0.113. The van der Waals surface area contributed by atoms with Crippen LogP contribution in [0.4, 0.5) is 10.1 Å². The first kappa shape index (κ1) is 16.0. The number of benzene rings is 1. The Morgan fingerprint density at radius 2 is 1.95 bits per heavy atom. The fourth-order valence-corrected chi connectivity index (χ4v) is 2.25. The summed E-state index contributed by atoms with van der Waals surface area (Å²) in [5.41, 5.74) is 1.73. The summed E-state index contributed by atoms with van der Waals surface area (Å²) < 4.78 is 14.2. The molecular formula is C16H27FN2. The van der Waals surface area contributed by atoms with Crippen LogP contribution in [0.15, 0.2) is 18.2 Å². The normalized spacial score (nSPS) is 12.5. The van der Waals surface area contributed by atoms with Crippen LogP contribution in [-0.2, 0) is 0 Å². The highest BCUT2D eigenvalue weighted by Crippen LogP contribution is 2.23. The Hall–Kier alpha value is -1.09. The molecule has 0 bridgehead atoms. The van der Waals surface area contributed by atoms with E-state index in [2.05, 4.69) is 37.9 Å². The van der Waals surface area contributed by atoms with E-state index in [1.807, 2.05) is 12.1 Å². The second-order valence-corrected chi connectivity index (χ2v) is 4.97. The van der Waals surface area contributed by atoms with E-state index < -0.39 is 0 Å². The van der Waals surface area contributed by atoms with Crippen molar-refractivity contribution < 1.29 is 4.39 Å². The Balaban J connectivity index is 2.84. The molecule has 0 radical (unpaired) electrons. The first-order chi connectivity index (χ1) is 9.13. The van der Waals surface area contributed by atoms with Gasteiger partial charge in [0, 0.05) is 19.1 Å². The lowest BCUT2D eigenvalue weighted by Crippen LogP contribution is -2.25. The minimum Gasteiger partial charge on any atom is -0.369 e. The predicted octanol–water partition coefficient (Wildman–Crippen LogP) is 4.12. The summed E-state index contributed by atoms with van der Waals surface area (Å²) in [4.78, 5) is 2.09. The average Bonchev–Trinajstić information content (AvgIpc) is 2.42. The van der Waals surface area contributed by atoms with Gasteiger partial charge in [-0.15, -0.1) is 0 Å². The third-order valence-electron chi connectivity index (χ3n) is 3.39. The van der Waals surface area contributed by atoms with Crippen LogP contribution in [0.1, 0.15) is 52.1 Å². The van der Waals surface area contributed by atoms with Crippen LogP contribution < -0.4 is 10.2 Å². The molecule has 0 saturated heterocycles. The summed E-state index contributed by atoms with van der Waals surface area (Å²) in [5, 5.41) is 3.38. The van der Waals surface area contributed by atoms with Crippen LogP contribution >= 0.6 is 0 Å². The largest absolute Gasteiger partial charge is 0.369 e. The molecule has 1 unspecified atom stereocenters. The van der Waals surface area contributed by atoms with Gasteiger partial charge in [-0.3, -0.25) is 0 Å². The molecule has 0 aromatic heterocycles. The van der Waals surface area contributed by atoms with Gasteiger partial charge in [-0.1, -0.05) is 19.9 Å². The highest BCUT2D eigenvalue weighted by atomic mass is 19.1. The van der Waals surface area contributed by atoms with E-state index in [1.165, 1.54) is 0 Å². The lowest BCUT2D eigenvalue weighted by molar-refractivity contribution is 0.561. The van der Waals surface area contributed by atoms with Crippen molar-refractivity contribution in [3.8, 4) is 0 Å². The Morgan fingerprint density at radius 1 is 1.21 bits per heavy atom. The lowest BCUT2D eigenvalue weighted by atomic mass is 10.1. The number of anilines is 1. The van der Waals surface area contributed by atoms with Gasteiger partial charge in [0.15, 0.2) is 0 Å². The molecule has 1 atom stereocenters. The molecule has 0 fully saturated rings. The molecule has 108 valence electrons.